The van der Waals surface area contributed by atoms with Crippen molar-refractivity contribution in [1.82, 2.24) is 10.6 Å². The van der Waals surface area contributed by atoms with Gasteiger partial charge in [-0.2, -0.15) is 0 Å². The Kier molecular flexibility index (Phi) is 5.65. The Morgan fingerprint density at radius 2 is 1.89 bits per heavy atom. The number of rotatable bonds is 6. The number of methoxy groups -OCH3 is 1. The highest BCUT2D eigenvalue weighted by Crippen LogP contribution is 2.17. The Bertz CT molecular complexity index is 376. The van der Waals surface area contributed by atoms with Gasteiger partial charge in [0.1, 0.15) is 5.75 Å². The van der Waals surface area contributed by atoms with E-state index in [1.807, 2.05) is 45.2 Å². The van der Waals surface area contributed by atoms with E-state index in [2.05, 4.69) is 10.6 Å². The molecular formula is C14H22N2O2. The Balaban J connectivity index is 2.58. The van der Waals surface area contributed by atoms with Crippen LogP contribution in [0.1, 0.15) is 25.5 Å². The van der Waals surface area contributed by atoms with E-state index in [-0.39, 0.29) is 17.9 Å². The van der Waals surface area contributed by atoms with Crippen molar-refractivity contribution in [3.63, 3.8) is 0 Å². The molecule has 1 unspecified atom stereocenters. The van der Waals surface area contributed by atoms with Gasteiger partial charge in [0.25, 0.3) is 0 Å². The Labute approximate surface area is 109 Å². The highest BCUT2D eigenvalue weighted by Gasteiger charge is 2.15. The van der Waals surface area contributed by atoms with Crippen LogP contribution in [-0.4, -0.2) is 26.6 Å². The molecule has 0 aliphatic heterocycles. The van der Waals surface area contributed by atoms with Gasteiger partial charge >= 0.3 is 0 Å². The van der Waals surface area contributed by atoms with E-state index in [0.717, 1.165) is 11.3 Å². The van der Waals surface area contributed by atoms with Crippen LogP contribution in [0.4, 0.5) is 0 Å². The van der Waals surface area contributed by atoms with E-state index in [9.17, 15) is 4.79 Å². The lowest BCUT2D eigenvalue weighted by atomic mass is 10.1. The van der Waals surface area contributed by atoms with Gasteiger partial charge in [-0.1, -0.05) is 19.1 Å². The average Bonchev–Trinajstić information content (AvgIpc) is 2.39. The first kappa shape index (κ1) is 14.5. The van der Waals surface area contributed by atoms with Crippen LogP contribution >= 0.6 is 0 Å². The molecule has 0 aromatic heterocycles. The lowest BCUT2D eigenvalue weighted by molar-refractivity contribution is -0.125. The zero-order valence-electron chi connectivity index (χ0n) is 11.5. The molecule has 1 aromatic carbocycles. The zero-order valence-corrected chi connectivity index (χ0v) is 11.5. The summed E-state index contributed by atoms with van der Waals surface area (Å²) < 4.78 is 5.10. The van der Waals surface area contributed by atoms with Gasteiger partial charge in [-0.15, -0.1) is 0 Å². The first-order valence-corrected chi connectivity index (χ1v) is 6.17. The molecular weight excluding hydrogens is 228 g/mol. The van der Waals surface area contributed by atoms with Crippen molar-refractivity contribution in [2.45, 2.75) is 19.9 Å². The molecule has 2 N–H and O–H groups in total. The second kappa shape index (κ2) is 7.01. The van der Waals surface area contributed by atoms with Crippen molar-refractivity contribution >= 4 is 5.91 Å². The summed E-state index contributed by atoms with van der Waals surface area (Å²) in [6.07, 6.45) is 0. The normalized spacial score (nSPS) is 13.8. The van der Waals surface area contributed by atoms with Gasteiger partial charge in [0, 0.05) is 12.5 Å². The van der Waals surface area contributed by atoms with Gasteiger partial charge in [-0.25, -0.2) is 0 Å². The summed E-state index contributed by atoms with van der Waals surface area (Å²) in [5.41, 5.74) is 1.07. The molecule has 0 aliphatic carbocycles. The van der Waals surface area contributed by atoms with Crippen LogP contribution in [-0.2, 0) is 4.79 Å². The maximum Gasteiger partial charge on any atom is 0.224 e. The van der Waals surface area contributed by atoms with Crippen molar-refractivity contribution in [2.24, 2.45) is 5.92 Å². The Morgan fingerprint density at radius 1 is 1.28 bits per heavy atom. The molecule has 0 fully saturated rings. The van der Waals surface area contributed by atoms with Gasteiger partial charge in [0.05, 0.1) is 13.2 Å². The molecule has 0 saturated carbocycles. The van der Waals surface area contributed by atoms with Crippen molar-refractivity contribution in [2.75, 3.05) is 20.7 Å². The number of hydrogen-bond donors (Lipinski definition) is 2. The number of amides is 1. The van der Waals surface area contributed by atoms with Crippen molar-refractivity contribution in [1.29, 1.82) is 0 Å². The van der Waals surface area contributed by atoms with E-state index >= 15 is 0 Å². The van der Waals surface area contributed by atoms with Gasteiger partial charge in [0.15, 0.2) is 0 Å². The standard InChI is InChI=1S/C14H22N2O2/c1-10(9-15-3)14(17)16-11(2)12-5-7-13(18-4)8-6-12/h5-8,10-11,15H,9H2,1-4H3,(H,16,17)/t10?,11-/m1/s1. The third kappa shape index (κ3) is 4.04. The summed E-state index contributed by atoms with van der Waals surface area (Å²) >= 11 is 0. The molecule has 4 nitrogen and oxygen atoms in total. The topological polar surface area (TPSA) is 50.4 Å². The van der Waals surface area contributed by atoms with E-state index in [0.29, 0.717) is 6.54 Å². The van der Waals surface area contributed by atoms with Crippen LogP contribution in [0.5, 0.6) is 5.75 Å². The molecule has 1 amide bonds. The molecule has 0 bridgehead atoms. The van der Waals surface area contributed by atoms with Crippen molar-refractivity contribution < 1.29 is 9.53 Å². The van der Waals surface area contributed by atoms with Gasteiger partial charge in [0.2, 0.25) is 5.91 Å². The zero-order chi connectivity index (χ0) is 13.5. The quantitative estimate of drug-likeness (QED) is 0.808. The summed E-state index contributed by atoms with van der Waals surface area (Å²) in [4.78, 5) is 11.9. The van der Waals surface area contributed by atoms with Crippen molar-refractivity contribution in [3.05, 3.63) is 29.8 Å². The van der Waals surface area contributed by atoms with Gasteiger partial charge in [-0.05, 0) is 31.7 Å². The van der Waals surface area contributed by atoms with Gasteiger partial charge < -0.3 is 15.4 Å². The molecule has 0 radical (unpaired) electrons. The fourth-order valence-electron chi connectivity index (χ4n) is 1.73. The molecule has 0 aliphatic rings. The van der Waals surface area contributed by atoms with Crippen LogP contribution in [0.15, 0.2) is 24.3 Å². The maximum absolute atomic E-state index is 11.9. The molecule has 0 spiro atoms. The third-order valence-electron chi connectivity index (χ3n) is 2.93. The van der Waals surface area contributed by atoms with E-state index in [1.54, 1.807) is 7.11 Å². The fraction of sp³-hybridized carbons (Fsp3) is 0.500. The van der Waals surface area contributed by atoms with Crippen LogP contribution in [0.2, 0.25) is 0 Å². The number of carbonyl (C=O) groups excluding carboxylic acids is 1. The number of nitrogens with one attached hydrogen (secondary N) is 2. The summed E-state index contributed by atoms with van der Waals surface area (Å²) in [5, 5.41) is 6.00. The summed E-state index contributed by atoms with van der Waals surface area (Å²) in [7, 11) is 3.48. The van der Waals surface area contributed by atoms with Gasteiger partial charge in [-0.3, -0.25) is 4.79 Å². The molecule has 1 rings (SSSR count). The monoisotopic (exact) mass is 250 g/mol. The molecule has 2 atom stereocenters. The second-order valence-corrected chi connectivity index (χ2v) is 4.46. The number of carbonyl (C=O) groups is 1. The predicted molar refractivity (Wildman–Crippen MR) is 72.6 cm³/mol. The molecule has 0 saturated heterocycles. The van der Waals surface area contributed by atoms with E-state index in [1.165, 1.54) is 0 Å². The highest BCUT2D eigenvalue weighted by molar-refractivity contribution is 5.78. The Morgan fingerprint density at radius 3 is 2.39 bits per heavy atom. The van der Waals surface area contributed by atoms with E-state index < -0.39 is 0 Å². The molecule has 18 heavy (non-hydrogen) atoms. The number of ether oxygens (including phenoxy) is 1. The lowest BCUT2D eigenvalue weighted by Crippen LogP contribution is -2.35. The second-order valence-electron chi connectivity index (χ2n) is 4.46. The SMILES string of the molecule is CNCC(C)C(=O)N[C@H](C)c1ccc(OC)cc1. The summed E-state index contributed by atoms with van der Waals surface area (Å²) in [6, 6.07) is 7.73. The average molecular weight is 250 g/mol. The fourth-order valence-corrected chi connectivity index (χ4v) is 1.73. The van der Waals surface area contributed by atoms with Crippen LogP contribution in [0, 0.1) is 5.92 Å². The van der Waals surface area contributed by atoms with Crippen LogP contribution < -0.4 is 15.4 Å². The number of benzene rings is 1. The molecule has 100 valence electrons. The minimum absolute atomic E-state index is 0.00251. The molecule has 0 heterocycles. The van der Waals surface area contributed by atoms with Crippen LogP contribution in [0.3, 0.4) is 0 Å². The maximum atomic E-state index is 11.9. The minimum Gasteiger partial charge on any atom is -0.497 e. The minimum atomic E-state index is -0.0318. The lowest BCUT2D eigenvalue weighted by Gasteiger charge is -2.18. The van der Waals surface area contributed by atoms with Crippen LogP contribution in [0.25, 0.3) is 0 Å². The Hall–Kier alpha value is -1.55. The largest absolute Gasteiger partial charge is 0.497 e. The number of hydrogen-bond acceptors (Lipinski definition) is 3. The first-order valence-electron chi connectivity index (χ1n) is 6.17. The smallest absolute Gasteiger partial charge is 0.224 e. The molecule has 4 heteroatoms. The van der Waals surface area contributed by atoms with Crippen molar-refractivity contribution in [3.8, 4) is 5.75 Å². The molecule has 1 aromatic rings. The highest BCUT2D eigenvalue weighted by atomic mass is 16.5. The first-order chi connectivity index (χ1) is 8.58. The summed E-state index contributed by atoms with van der Waals surface area (Å²) in [6.45, 7) is 4.57. The van der Waals surface area contributed by atoms with E-state index in [4.69, 9.17) is 4.74 Å². The third-order valence-corrected chi connectivity index (χ3v) is 2.93. The predicted octanol–water partition coefficient (Wildman–Crippen LogP) is 1.73. The summed E-state index contributed by atoms with van der Waals surface area (Å²) in [5.74, 6) is 0.851.